The van der Waals surface area contributed by atoms with Crippen LogP contribution in [0.4, 0.5) is 11.5 Å². The molecule has 0 N–H and O–H groups in total. The highest BCUT2D eigenvalue weighted by molar-refractivity contribution is 5.94. The number of likely N-dealkylation sites (N-methyl/N-ethyl adjacent to an activating group) is 1. The molecule has 0 saturated carbocycles. The molecule has 2 saturated heterocycles. The van der Waals surface area contributed by atoms with Crippen LogP contribution in [0.15, 0.2) is 55.1 Å². The fraction of sp³-hybridized carbons (Fsp3) is 0.424. The molecule has 0 bridgehead atoms. The van der Waals surface area contributed by atoms with E-state index < -0.39 is 0 Å². The van der Waals surface area contributed by atoms with Gasteiger partial charge >= 0.3 is 6.01 Å². The molecule has 1 aromatic heterocycles. The number of hydrogen-bond donors (Lipinski definition) is 0. The molecule has 0 aliphatic carbocycles. The van der Waals surface area contributed by atoms with Crippen LogP contribution < -0.4 is 14.5 Å². The maximum absolute atomic E-state index is 12.5. The summed E-state index contributed by atoms with van der Waals surface area (Å²) in [5.41, 5.74) is 3.38. The summed E-state index contributed by atoms with van der Waals surface area (Å²) in [6.45, 7) is 8.75. The van der Waals surface area contributed by atoms with E-state index in [-0.39, 0.29) is 11.9 Å². The van der Waals surface area contributed by atoms with E-state index in [2.05, 4.69) is 76.7 Å². The van der Waals surface area contributed by atoms with Crippen molar-refractivity contribution in [1.29, 1.82) is 0 Å². The van der Waals surface area contributed by atoms with Gasteiger partial charge in [0.1, 0.15) is 12.4 Å². The van der Waals surface area contributed by atoms with Crippen molar-refractivity contribution in [3.05, 3.63) is 66.4 Å². The second-order valence-electron chi connectivity index (χ2n) is 11.3. The van der Waals surface area contributed by atoms with Crippen LogP contribution in [-0.4, -0.2) is 84.1 Å². The number of hydrogen-bond acceptors (Lipinski definition) is 7. The number of ether oxygens (including phenoxy) is 1. The average Bonchev–Trinajstić information content (AvgIpc) is 3.43. The van der Waals surface area contributed by atoms with Crippen LogP contribution in [0.3, 0.4) is 0 Å². The van der Waals surface area contributed by atoms with Gasteiger partial charge in [0.15, 0.2) is 0 Å². The molecule has 3 aromatic rings. The molecule has 2 fully saturated rings. The smallest absolute Gasteiger partial charge is 0.318 e. The normalized spacial score (nSPS) is 21.0. The summed E-state index contributed by atoms with van der Waals surface area (Å²) in [4.78, 5) is 31.4. The van der Waals surface area contributed by atoms with Crippen LogP contribution in [0.2, 0.25) is 0 Å². The maximum atomic E-state index is 12.5. The number of amides is 1. The van der Waals surface area contributed by atoms with Crippen molar-refractivity contribution in [3.63, 3.8) is 0 Å². The first-order valence-corrected chi connectivity index (χ1v) is 14.6. The van der Waals surface area contributed by atoms with E-state index in [1.54, 1.807) is 0 Å². The molecule has 41 heavy (non-hydrogen) atoms. The second kappa shape index (κ2) is 11.8. The lowest BCUT2D eigenvalue weighted by Gasteiger charge is -2.42. The van der Waals surface area contributed by atoms with Crippen molar-refractivity contribution >= 4 is 28.2 Å². The first kappa shape index (κ1) is 27.1. The zero-order valence-corrected chi connectivity index (χ0v) is 23.8. The van der Waals surface area contributed by atoms with Gasteiger partial charge in [-0.2, -0.15) is 9.97 Å². The first-order chi connectivity index (χ1) is 20.1. The Morgan fingerprint density at radius 2 is 1.95 bits per heavy atom. The summed E-state index contributed by atoms with van der Waals surface area (Å²) in [5.74, 6) is 3.60. The molecule has 1 amide bonds. The van der Waals surface area contributed by atoms with Gasteiger partial charge in [0.25, 0.3) is 0 Å². The quantitative estimate of drug-likeness (QED) is 0.327. The van der Waals surface area contributed by atoms with Crippen LogP contribution in [0.25, 0.3) is 10.8 Å². The van der Waals surface area contributed by atoms with E-state index in [1.807, 2.05) is 4.90 Å². The standard InChI is InChI=1S/C33H38N6O2/c1-4-10-25-21-38(19-20-39(25)31(40)5-2)32-28-16-18-37(30-15-8-12-24-11-6-7-14-27(24)30)22-29(28)34-33(35-32)41-23-26-13-9-17-36(26)3/h1,5-8,11-12,14-15,25-26H,2,9-10,13,16-23H2,3H3/t25-,26-/m0/s1. The first-order valence-electron chi connectivity index (χ1n) is 14.6. The van der Waals surface area contributed by atoms with Crippen molar-refractivity contribution in [2.75, 3.05) is 56.2 Å². The van der Waals surface area contributed by atoms with Crippen molar-refractivity contribution < 1.29 is 9.53 Å². The zero-order chi connectivity index (χ0) is 28.3. The highest BCUT2D eigenvalue weighted by Crippen LogP contribution is 2.35. The van der Waals surface area contributed by atoms with Crippen molar-refractivity contribution in [2.24, 2.45) is 0 Å². The fourth-order valence-electron chi connectivity index (χ4n) is 6.53. The molecule has 2 atom stereocenters. The lowest BCUT2D eigenvalue weighted by Crippen LogP contribution is -2.55. The van der Waals surface area contributed by atoms with E-state index >= 15 is 0 Å². The summed E-state index contributed by atoms with van der Waals surface area (Å²) < 4.78 is 6.30. The number of nitrogens with zero attached hydrogens (tertiary/aromatic N) is 6. The third-order valence-electron chi connectivity index (χ3n) is 8.80. The summed E-state index contributed by atoms with van der Waals surface area (Å²) in [6.07, 6.45) is 10.7. The minimum absolute atomic E-state index is 0.0787. The minimum Gasteiger partial charge on any atom is -0.462 e. The Morgan fingerprint density at radius 3 is 2.76 bits per heavy atom. The highest BCUT2D eigenvalue weighted by Gasteiger charge is 2.33. The molecule has 3 aliphatic rings. The van der Waals surface area contributed by atoms with Crippen molar-refractivity contribution in [2.45, 2.75) is 44.3 Å². The third kappa shape index (κ3) is 5.47. The molecular weight excluding hydrogens is 512 g/mol. The summed E-state index contributed by atoms with van der Waals surface area (Å²) in [6, 6.07) is 15.7. The number of likely N-dealkylation sites (tertiary alicyclic amines) is 1. The zero-order valence-electron chi connectivity index (χ0n) is 23.8. The number of fused-ring (bicyclic) bond motifs is 2. The number of rotatable bonds is 7. The van der Waals surface area contributed by atoms with Crippen molar-refractivity contribution in [1.82, 2.24) is 19.8 Å². The number of aromatic nitrogens is 2. The minimum atomic E-state index is -0.0999. The van der Waals surface area contributed by atoms with Crippen molar-refractivity contribution in [3.8, 4) is 18.4 Å². The summed E-state index contributed by atoms with van der Waals surface area (Å²) in [5, 5.41) is 2.48. The van der Waals surface area contributed by atoms with Gasteiger partial charge in [0, 0.05) is 55.3 Å². The molecular formula is C33H38N6O2. The molecule has 212 valence electrons. The Kier molecular flexibility index (Phi) is 7.80. The van der Waals surface area contributed by atoms with Gasteiger partial charge in [-0.1, -0.05) is 43.0 Å². The van der Waals surface area contributed by atoms with E-state index in [0.29, 0.717) is 51.3 Å². The van der Waals surface area contributed by atoms with Gasteiger partial charge < -0.3 is 24.3 Å². The van der Waals surface area contributed by atoms with Gasteiger partial charge in [-0.15, -0.1) is 12.3 Å². The number of piperazine rings is 1. The SMILES string of the molecule is C#CC[C@H]1CN(c2nc(OC[C@@H]3CCCN3C)nc3c2CCN(c2cccc4ccccc24)C3)CCN1C(=O)C=C. The molecule has 8 nitrogen and oxygen atoms in total. The fourth-order valence-corrected chi connectivity index (χ4v) is 6.53. The van der Waals surface area contributed by atoms with Gasteiger partial charge in [-0.3, -0.25) is 4.79 Å². The van der Waals surface area contributed by atoms with Gasteiger partial charge in [-0.05, 0) is 50.4 Å². The Hall–Kier alpha value is -4.09. The van der Waals surface area contributed by atoms with Gasteiger partial charge in [-0.25, -0.2) is 0 Å². The molecule has 8 heteroatoms. The van der Waals surface area contributed by atoms with E-state index in [0.717, 1.165) is 43.0 Å². The van der Waals surface area contributed by atoms with Crippen LogP contribution in [0.1, 0.15) is 30.5 Å². The third-order valence-corrected chi connectivity index (χ3v) is 8.80. The Balaban J connectivity index is 1.33. The Morgan fingerprint density at radius 1 is 1.10 bits per heavy atom. The van der Waals surface area contributed by atoms with E-state index in [4.69, 9.17) is 21.1 Å². The molecule has 2 aromatic carbocycles. The molecule has 0 unspecified atom stereocenters. The molecule has 3 aliphatic heterocycles. The van der Waals surface area contributed by atoms with E-state index in [1.165, 1.54) is 29.0 Å². The molecule has 6 rings (SSSR count). The lowest BCUT2D eigenvalue weighted by molar-refractivity contribution is -0.128. The highest BCUT2D eigenvalue weighted by atomic mass is 16.5. The predicted molar refractivity (Wildman–Crippen MR) is 163 cm³/mol. The maximum Gasteiger partial charge on any atom is 0.318 e. The molecule has 4 heterocycles. The monoisotopic (exact) mass is 550 g/mol. The van der Waals surface area contributed by atoms with Crippen LogP contribution in [0, 0.1) is 12.3 Å². The number of carbonyl (C=O) groups excluding carboxylic acids is 1. The topological polar surface area (TPSA) is 65.0 Å². The van der Waals surface area contributed by atoms with Crippen LogP contribution >= 0.6 is 0 Å². The summed E-state index contributed by atoms with van der Waals surface area (Å²) in [7, 11) is 2.15. The average molecular weight is 551 g/mol. The molecule has 0 spiro atoms. The predicted octanol–water partition coefficient (Wildman–Crippen LogP) is 3.89. The number of carbonyl (C=O) groups is 1. The number of anilines is 2. The Bertz CT molecular complexity index is 1480. The largest absolute Gasteiger partial charge is 0.462 e. The number of terminal acetylenes is 1. The lowest BCUT2D eigenvalue weighted by atomic mass is 10.0. The Labute approximate surface area is 242 Å². The van der Waals surface area contributed by atoms with Gasteiger partial charge in [0.05, 0.1) is 18.3 Å². The van der Waals surface area contributed by atoms with Crippen LogP contribution in [-0.2, 0) is 17.8 Å². The summed E-state index contributed by atoms with van der Waals surface area (Å²) >= 11 is 0. The van der Waals surface area contributed by atoms with E-state index in [9.17, 15) is 4.79 Å². The van der Waals surface area contributed by atoms with Crippen LogP contribution in [0.5, 0.6) is 6.01 Å². The second-order valence-corrected chi connectivity index (χ2v) is 11.3. The van der Waals surface area contributed by atoms with Gasteiger partial charge in [0.2, 0.25) is 5.91 Å². The molecule has 0 radical (unpaired) electrons. The number of benzene rings is 2.